The highest BCUT2D eigenvalue weighted by atomic mass is 16.5. The molecule has 0 aromatic rings. The largest absolute Gasteiger partial charge is 0.370 e. The molecule has 118 valence electrons. The first kappa shape index (κ1) is 17.4. The van der Waals surface area contributed by atoms with Crippen LogP contribution in [-0.2, 0) is 9.53 Å². The maximum Gasteiger partial charge on any atom is 0.253 e. The van der Waals surface area contributed by atoms with Crippen molar-refractivity contribution in [3.05, 3.63) is 0 Å². The number of unbranched alkanes of at least 4 members (excludes halogenated alkanes) is 1. The Labute approximate surface area is 123 Å². The summed E-state index contributed by atoms with van der Waals surface area (Å²) < 4.78 is 5.13. The monoisotopic (exact) mass is 285 g/mol. The quantitative estimate of drug-likeness (QED) is 0.721. The molecule has 0 aliphatic carbocycles. The van der Waals surface area contributed by atoms with Gasteiger partial charge >= 0.3 is 0 Å². The van der Waals surface area contributed by atoms with Crippen molar-refractivity contribution in [1.82, 2.24) is 9.80 Å². The summed E-state index contributed by atoms with van der Waals surface area (Å²) in [4.78, 5) is 16.5. The fourth-order valence-electron chi connectivity index (χ4n) is 2.80. The van der Waals surface area contributed by atoms with Gasteiger partial charge in [0.05, 0.1) is 0 Å². The maximum absolute atomic E-state index is 12.1. The molecule has 0 aromatic heterocycles. The molecule has 1 aliphatic rings. The molecular formula is C15H31N3O2. The van der Waals surface area contributed by atoms with Gasteiger partial charge in [-0.2, -0.15) is 0 Å². The average molecular weight is 285 g/mol. The van der Waals surface area contributed by atoms with Crippen LogP contribution < -0.4 is 5.73 Å². The lowest BCUT2D eigenvalue weighted by atomic mass is 9.96. The molecule has 1 aliphatic heterocycles. The number of ether oxygens (including phenoxy) is 1. The summed E-state index contributed by atoms with van der Waals surface area (Å²) in [6.07, 6.45) is 4.21. The summed E-state index contributed by atoms with van der Waals surface area (Å²) in [5.74, 6) is 0.757. The minimum Gasteiger partial charge on any atom is -0.370 e. The van der Waals surface area contributed by atoms with Crippen molar-refractivity contribution in [2.75, 3.05) is 46.9 Å². The van der Waals surface area contributed by atoms with E-state index in [4.69, 9.17) is 10.5 Å². The van der Waals surface area contributed by atoms with Gasteiger partial charge in [-0.15, -0.1) is 0 Å². The molecule has 5 nitrogen and oxygen atoms in total. The van der Waals surface area contributed by atoms with Crippen molar-refractivity contribution in [3.63, 3.8) is 0 Å². The van der Waals surface area contributed by atoms with Crippen LogP contribution in [0.25, 0.3) is 0 Å². The van der Waals surface area contributed by atoms with Crippen LogP contribution >= 0.6 is 0 Å². The first-order chi connectivity index (χ1) is 9.62. The molecular weight excluding hydrogens is 254 g/mol. The highest BCUT2D eigenvalue weighted by molar-refractivity contribution is 5.81. The number of methoxy groups -OCH3 is 1. The van der Waals surface area contributed by atoms with E-state index in [1.807, 2.05) is 4.90 Å². The van der Waals surface area contributed by atoms with Gasteiger partial charge in [0.1, 0.15) is 6.10 Å². The Kier molecular flexibility index (Phi) is 8.11. The van der Waals surface area contributed by atoms with E-state index < -0.39 is 6.10 Å². The Morgan fingerprint density at radius 1 is 1.45 bits per heavy atom. The second kappa shape index (κ2) is 9.32. The van der Waals surface area contributed by atoms with E-state index in [1.165, 1.54) is 19.4 Å². The number of nitrogens with zero attached hydrogens (tertiary/aromatic N) is 2. The van der Waals surface area contributed by atoms with E-state index >= 15 is 0 Å². The zero-order valence-corrected chi connectivity index (χ0v) is 13.3. The molecule has 0 spiro atoms. The predicted octanol–water partition coefficient (Wildman–Crippen LogP) is 0.931. The van der Waals surface area contributed by atoms with Gasteiger partial charge in [0.2, 0.25) is 0 Å². The zero-order chi connectivity index (χ0) is 15.0. The Bertz CT molecular complexity index is 274. The molecule has 1 heterocycles. The summed E-state index contributed by atoms with van der Waals surface area (Å²) in [6, 6.07) is 0. The van der Waals surface area contributed by atoms with Gasteiger partial charge < -0.3 is 20.3 Å². The van der Waals surface area contributed by atoms with Gasteiger partial charge in [-0.3, -0.25) is 4.79 Å². The fraction of sp³-hybridized carbons (Fsp3) is 0.933. The van der Waals surface area contributed by atoms with Crippen LogP contribution in [0, 0.1) is 5.92 Å². The number of hydrogen-bond acceptors (Lipinski definition) is 4. The molecule has 0 saturated carbocycles. The molecule has 1 unspecified atom stereocenters. The van der Waals surface area contributed by atoms with Crippen molar-refractivity contribution in [1.29, 1.82) is 0 Å². The molecule has 1 amide bonds. The summed E-state index contributed by atoms with van der Waals surface area (Å²) in [5.41, 5.74) is 5.55. The molecule has 1 rings (SSSR count). The van der Waals surface area contributed by atoms with Gasteiger partial charge in [-0.25, -0.2) is 0 Å². The number of carbonyl (C=O) groups is 1. The molecule has 1 saturated heterocycles. The lowest BCUT2D eigenvalue weighted by Gasteiger charge is -2.35. The van der Waals surface area contributed by atoms with Crippen LogP contribution in [0.4, 0.5) is 0 Å². The Hall–Kier alpha value is -0.650. The predicted molar refractivity (Wildman–Crippen MR) is 81.6 cm³/mol. The molecule has 0 bridgehead atoms. The minimum atomic E-state index is -0.473. The molecule has 2 N–H and O–H groups in total. The van der Waals surface area contributed by atoms with Gasteiger partial charge in [-0.1, -0.05) is 13.3 Å². The van der Waals surface area contributed by atoms with Crippen LogP contribution in [0.15, 0.2) is 0 Å². The number of rotatable bonds is 8. The minimum absolute atomic E-state index is 0.0489. The highest BCUT2D eigenvalue weighted by Crippen LogP contribution is 2.19. The number of carbonyl (C=O) groups excluding carboxylic acids is 1. The van der Waals surface area contributed by atoms with Crippen LogP contribution in [-0.4, -0.2) is 68.7 Å². The van der Waals surface area contributed by atoms with E-state index in [9.17, 15) is 4.79 Å². The summed E-state index contributed by atoms with van der Waals surface area (Å²) in [7, 11) is 3.74. The SMILES string of the molecule is CCCCN(C)CC1CCN(C(=O)C(CN)OC)CC1. The molecule has 5 heteroatoms. The van der Waals surface area contributed by atoms with Crippen molar-refractivity contribution in [2.24, 2.45) is 11.7 Å². The maximum atomic E-state index is 12.1. The van der Waals surface area contributed by atoms with Crippen LogP contribution in [0.1, 0.15) is 32.6 Å². The Balaban J connectivity index is 2.30. The third kappa shape index (κ3) is 5.38. The number of hydrogen-bond donors (Lipinski definition) is 1. The van der Waals surface area contributed by atoms with Crippen LogP contribution in [0.2, 0.25) is 0 Å². The number of nitrogens with two attached hydrogens (primary N) is 1. The lowest BCUT2D eigenvalue weighted by Crippen LogP contribution is -2.48. The second-order valence-electron chi connectivity index (χ2n) is 5.84. The van der Waals surface area contributed by atoms with Crippen molar-refractivity contribution in [3.8, 4) is 0 Å². The van der Waals surface area contributed by atoms with Gasteiger partial charge in [0, 0.05) is 33.3 Å². The standard InChI is InChI=1S/C15H31N3O2/c1-4-5-8-17(2)12-13-6-9-18(10-7-13)15(19)14(11-16)20-3/h13-14H,4-12,16H2,1-3H3. The van der Waals surface area contributed by atoms with Crippen LogP contribution in [0.5, 0.6) is 0 Å². The molecule has 20 heavy (non-hydrogen) atoms. The number of likely N-dealkylation sites (tertiary alicyclic amines) is 1. The van der Waals surface area contributed by atoms with E-state index in [-0.39, 0.29) is 12.5 Å². The van der Waals surface area contributed by atoms with E-state index in [0.717, 1.165) is 32.5 Å². The highest BCUT2D eigenvalue weighted by Gasteiger charge is 2.27. The van der Waals surface area contributed by atoms with E-state index in [0.29, 0.717) is 5.92 Å². The number of piperidine rings is 1. The third-order valence-corrected chi connectivity index (χ3v) is 4.16. The van der Waals surface area contributed by atoms with Crippen molar-refractivity contribution >= 4 is 5.91 Å². The van der Waals surface area contributed by atoms with Crippen LogP contribution in [0.3, 0.4) is 0 Å². The Morgan fingerprint density at radius 2 is 2.10 bits per heavy atom. The van der Waals surface area contributed by atoms with E-state index in [2.05, 4.69) is 18.9 Å². The first-order valence-electron chi connectivity index (χ1n) is 7.82. The lowest BCUT2D eigenvalue weighted by molar-refractivity contribution is -0.142. The molecule has 0 radical (unpaired) electrons. The topological polar surface area (TPSA) is 58.8 Å². The van der Waals surface area contributed by atoms with Gasteiger partial charge in [0.25, 0.3) is 5.91 Å². The zero-order valence-electron chi connectivity index (χ0n) is 13.3. The first-order valence-corrected chi connectivity index (χ1v) is 7.82. The molecule has 1 fully saturated rings. The molecule has 1 atom stereocenters. The van der Waals surface area contributed by atoms with Crippen molar-refractivity contribution < 1.29 is 9.53 Å². The fourth-order valence-corrected chi connectivity index (χ4v) is 2.80. The van der Waals surface area contributed by atoms with Gasteiger partial charge in [-0.05, 0) is 38.8 Å². The Morgan fingerprint density at radius 3 is 2.60 bits per heavy atom. The summed E-state index contributed by atoms with van der Waals surface area (Å²) >= 11 is 0. The average Bonchev–Trinajstić information content (AvgIpc) is 2.47. The molecule has 0 aromatic carbocycles. The third-order valence-electron chi connectivity index (χ3n) is 4.16. The normalized spacial score (nSPS) is 18.6. The number of amides is 1. The summed E-state index contributed by atoms with van der Waals surface area (Å²) in [5, 5.41) is 0. The second-order valence-corrected chi connectivity index (χ2v) is 5.84. The van der Waals surface area contributed by atoms with E-state index in [1.54, 1.807) is 7.11 Å². The smallest absolute Gasteiger partial charge is 0.253 e. The van der Waals surface area contributed by atoms with Crippen molar-refractivity contribution in [2.45, 2.75) is 38.7 Å². The summed E-state index contributed by atoms with van der Waals surface area (Å²) in [6.45, 7) is 6.48. The van der Waals surface area contributed by atoms with Gasteiger partial charge in [0.15, 0.2) is 0 Å².